The minimum Gasteiger partial charge on any atom is -0.445 e. The largest absolute Gasteiger partial charge is 0.445 e. The third-order valence-corrected chi connectivity index (χ3v) is 3.93. The van der Waals surface area contributed by atoms with E-state index < -0.39 is 0 Å². The Bertz CT molecular complexity index is 482. The van der Waals surface area contributed by atoms with Gasteiger partial charge in [0.1, 0.15) is 12.4 Å². The van der Waals surface area contributed by atoms with Crippen LogP contribution in [0.1, 0.15) is 47.0 Å². The van der Waals surface area contributed by atoms with Gasteiger partial charge in [0.2, 0.25) is 0 Å². The van der Waals surface area contributed by atoms with Crippen LogP contribution in [0.4, 0.5) is 4.79 Å². The predicted molar refractivity (Wildman–Crippen MR) is 73.9 cm³/mol. The number of imidazole rings is 1. The Balaban J connectivity index is 2.05. The summed E-state index contributed by atoms with van der Waals surface area (Å²) in [7, 11) is 0. The number of nitrogens with zero attached hydrogens (tertiary/aromatic N) is 2. The molecule has 104 valence electrons. The van der Waals surface area contributed by atoms with E-state index in [2.05, 4.69) is 32.7 Å². The second-order valence-electron chi connectivity index (χ2n) is 6.08. The monoisotopic (exact) mass is 262 g/mol. The SMILES string of the molecule is CC(C)=C1CC(OC(=O)n2ccnc2)CCC1(C)C. The maximum Gasteiger partial charge on any atom is 0.419 e. The molecule has 1 fully saturated rings. The molecule has 1 atom stereocenters. The lowest BCUT2D eigenvalue weighted by Gasteiger charge is -2.38. The molecule has 1 aromatic heterocycles. The molecule has 4 heteroatoms. The van der Waals surface area contributed by atoms with E-state index >= 15 is 0 Å². The van der Waals surface area contributed by atoms with Crippen LogP contribution in [0, 0.1) is 5.41 Å². The number of carbonyl (C=O) groups is 1. The molecule has 1 aliphatic carbocycles. The molecule has 1 unspecified atom stereocenters. The van der Waals surface area contributed by atoms with Crippen molar-refractivity contribution in [3.05, 3.63) is 29.9 Å². The quantitative estimate of drug-likeness (QED) is 0.723. The van der Waals surface area contributed by atoms with Crippen LogP contribution >= 0.6 is 0 Å². The first-order valence-corrected chi connectivity index (χ1v) is 6.76. The fourth-order valence-corrected chi connectivity index (χ4v) is 2.83. The van der Waals surface area contributed by atoms with E-state index in [1.165, 1.54) is 22.0 Å². The average Bonchev–Trinajstić information content (AvgIpc) is 2.84. The molecule has 1 saturated carbocycles. The lowest BCUT2D eigenvalue weighted by molar-refractivity contribution is 0.0706. The lowest BCUT2D eigenvalue weighted by atomic mass is 9.70. The number of ether oxygens (including phenoxy) is 1. The fraction of sp³-hybridized carbons (Fsp3) is 0.600. The van der Waals surface area contributed by atoms with Crippen LogP contribution < -0.4 is 0 Å². The lowest BCUT2D eigenvalue weighted by Crippen LogP contribution is -2.32. The highest BCUT2D eigenvalue weighted by Gasteiger charge is 2.33. The van der Waals surface area contributed by atoms with E-state index in [9.17, 15) is 4.79 Å². The van der Waals surface area contributed by atoms with E-state index in [4.69, 9.17) is 4.74 Å². The Hall–Kier alpha value is -1.58. The van der Waals surface area contributed by atoms with E-state index in [1.807, 2.05) is 0 Å². The number of carbonyl (C=O) groups excluding carboxylic acids is 1. The van der Waals surface area contributed by atoms with Crippen LogP contribution in [0.15, 0.2) is 29.9 Å². The van der Waals surface area contributed by atoms with Crippen LogP contribution in [0.3, 0.4) is 0 Å². The Kier molecular flexibility index (Phi) is 3.78. The van der Waals surface area contributed by atoms with Gasteiger partial charge < -0.3 is 4.74 Å². The molecule has 2 rings (SSSR count). The van der Waals surface area contributed by atoms with E-state index in [1.54, 1.807) is 12.4 Å². The molecule has 0 spiro atoms. The van der Waals surface area contributed by atoms with Crippen molar-refractivity contribution >= 4 is 6.09 Å². The zero-order chi connectivity index (χ0) is 14.0. The summed E-state index contributed by atoms with van der Waals surface area (Å²) in [6.07, 6.45) is 7.11. The van der Waals surface area contributed by atoms with Crippen molar-refractivity contribution in [3.63, 3.8) is 0 Å². The average molecular weight is 262 g/mol. The summed E-state index contributed by atoms with van der Waals surface area (Å²) >= 11 is 0. The van der Waals surface area contributed by atoms with Crippen LogP contribution in [0.25, 0.3) is 0 Å². The Morgan fingerprint density at radius 1 is 1.47 bits per heavy atom. The van der Waals surface area contributed by atoms with Crippen molar-refractivity contribution in [2.45, 2.75) is 53.1 Å². The Labute approximate surface area is 114 Å². The van der Waals surface area contributed by atoms with Gasteiger partial charge in [0.05, 0.1) is 0 Å². The minimum absolute atomic E-state index is 0.0205. The highest BCUT2D eigenvalue weighted by Crippen LogP contribution is 2.42. The van der Waals surface area contributed by atoms with Crippen molar-refractivity contribution in [1.82, 2.24) is 9.55 Å². The maximum absolute atomic E-state index is 11.9. The fourth-order valence-electron chi connectivity index (χ4n) is 2.83. The van der Waals surface area contributed by atoms with Gasteiger partial charge >= 0.3 is 6.09 Å². The molecule has 1 aromatic rings. The summed E-state index contributed by atoms with van der Waals surface area (Å²) < 4.78 is 6.94. The number of allylic oxidation sites excluding steroid dienone is 1. The van der Waals surface area contributed by atoms with E-state index in [-0.39, 0.29) is 17.6 Å². The van der Waals surface area contributed by atoms with Gasteiger partial charge in [0, 0.05) is 18.8 Å². The summed E-state index contributed by atoms with van der Waals surface area (Å²) in [5.74, 6) is 0. The standard InChI is InChI=1S/C15H22N2O2/c1-11(2)13-9-12(5-6-15(13,3)4)19-14(18)17-8-7-16-10-17/h7-8,10,12H,5-6,9H2,1-4H3. The topological polar surface area (TPSA) is 44.1 Å². The van der Waals surface area contributed by atoms with Crippen molar-refractivity contribution < 1.29 is 9.53 Å². The molecule has 1 aliphatic rings. The van der Waals surface area contributed by atoms with Gasteiger partial charge in [-0.25, -0.2) is 14.3 Å². The minimum atomic E-state index is -0.338. The van der Waals surface area contributed by atoms with Crippen molar-refractivity contribution in [3.8, 4) is 0 Å². The number of hydrogen-bond donors (Lipinski definition) is 0. The molecule has 1 heterocycles. The second kappa shape index (κ2) is 5.19. The molecule has 4 nitrogen and oxygen atoms in total. The molecule has 0 aromatic carbocycles. The summed E-state index contributed by atoms with van der Waals surface area (Å²) in [6.45, 7) is 8.81. The second-order valence-corrected chi connectivity index (χ2v) is 6.08. The zero-order valence-electron chi connectivity index (χ0n) is 12.1. The molecule has 0 radical (unpaired) electrons. The highest BCUT2D eigenvalue weighted by atomic mass is 16.6. The maximum atomic E-state index is 11.9. The molecule has 0 N–H and O–H groups in total. The Morgan fingerprint density at radius 3 is 2.79 bits per heavy atom. The molecular formula is C15H22N2O2. The van der Waals surface area contributed by atoms with Crippen LogP contribution in [0.2, 0.25) is 0 Å². The molecular weight excluding hydrogens is 240 g/mol. The summed E-state index contributed by atoms with van der Waals surface area (Å²) in [4.78, 5) is 15.8. The van der Waals surface area contributed by atoms with Gasteiger partial charge in [-0.1, -0.05) is 25.0 Å². The summed E-state index contributed by atoms with van der Waals surface area (Å²) in [6, 6.07) is 0. The van der Waals surface area contributed by atoms with Crippen molar-refractivity contribution in [1.29, 1.82) is 0 Å². The van der Waals surface area contributed by atoms with Gasteiger partial charge in [-0.2, -0.15) is 0 Å². The van der Waals surface area contributed by atoms with Crippen LogP contribution in [0.5, 0.6) is 0 Å². The van der Waals surface area contributed by atoms with Gasteiger partial charge in [-0.15, -0.1) is 0 Å². The summed E-state index contributed by atoms with van der Waals surface area (Å²) in [5, 5.41) is 0. The van der Waals surface area contributed by atoms with Crippen molar-refractivity contribution in [2.24, 2.45) is 5.41 Å². The third kappa shape index (κ3) is 3.06. The third-order valence-electron chi connectivity index (χ3n) is 3.93. The van der Waals surface area contributed by atoms with Gasteiger partial charge in [0.25, 0.3) is 0 Å². The van der Waals surface area contributed by atoms with Crippen LogP contribution in [-0.4, -0.2) is 21.7 Å². The first kappa shape index (κ1) is 13.8. The smallest absolute Gasteiger partial charge is 0.419 e. The van der Waals surface area contributed by atoms with Crippen molar-refractivity contribution in [2.75, 3.05) is 0 Å². The van der Waals surface area contributed by atoms with Gasteiger partial charge in [-0.05, 0) is 32.1 Å². The first-order chi connectivity index (χ1) is 8.90. The number of aromatic nitrogens is 2. The van der Waals surface area contributed by atoms with Crippen LogP contribution in [-0.2, 0) is 4.74 Å². The number of hydrogen-bond acceptors (Lipinski definition) is 3. The predicted octanol–water partition coefficient (Wildman–Crippen LogP) is 3.78. The molecule has 19 heavy (non-hydrogen) atoms. The van der Waals surface area contributed by atoms with E-state index in [0.717, 1.165) is 19.3 Å². The normalized spacial score (nSPS) is 22.1. The van der Waals surface area contributed by atoms with E-state index in [0.29, 0.717) is 0 Å². The molecule has 0 saturated heterocycles. The molecule has 0 amide bonds. The number of rotatable bonds is 1. The van der Waals surface area contributed by atoms with Gasteiger partial charge in [0.15, 0.2) is 0 Å². The Morgan fingerprint density at radius 2 is 2.21 bits per heavy atom. The first-order valence-electron chi connectivity index (χ1n) is 6.76. The zero-order valence-corrected chi connectivity index (χ0v) is 12.1. The highest BCUT2D eigenvalue weighted by molar-refractivity contribution is 5.70. The molecule has 0 aliphatic heterocycles. The van der Waals surface area contributed by atoms with Gasteiger partial charge in [-0.3, -0.25) is 0 Å². The molecule has 0 bridgehead atoms. The summed E-state index contributed by atoms with van der Waals surface area (Å²) in [5.41, 5.74) is 2.98.